The molecule has 1 aromatic heterocycles. The van der Waals surface area contributed by atoms with E-state index in [0.717, 1.165) is 6.92 Å². The van der Waals surface area contributed by atoms with E-state index in [4.69, 9.17) is 9.90 Å². The Balaban J connectivity index is 0.00000118. The van der Waals surface area contributed by atoms with E-state index >= 15 is 0 Å². The number of aryl methyl sites for hydroxylation is 2. The Labute approximate surface area is 149 Å². The fraction of sp³-hybridized carbons (Fsp3) is 0.714. The van der Waals surface area contributed by atoms with Gasteiger partial charge in [-0.25, -0.2) is 4.57 Å². The molecule has 1 aromatic rings. The van der Waals surface area contributed by atoms with Gasteiger partial charge in [0.05, 0.1) is 0 Å². The number of carbonyl (C=O) groups is 1. The second-order valence-electron chi connectivity index (χ2n) is 6.51. The van der Waals surface area contributed by atoms with E-state index in [2.05, 4.69) is 42.9 Å². The third-order valence-electron chi connectivity index (χ3n) is 4.05. The van der Waals surface area contributed by atoms with Crippen molar-refractivity contribution in [3.63, 3.8) is 0 Å². The second kappa shape index (κ2) is 16.5. The Morgan fingerprint density at radius 1 is 0.875 bits per heavy atom. The first kappa shape index (κ1) is 22.6. The molecule has 0 saturated carbocycles. The number of carbonyl (C=O) groups excluding carboxylic acids is 1. The van der Waals surface area contributed by atoms with Gasteiger partial charge in [0.25, 0.3) is 0 Å². The van der Waals surface area contributed by atoms with Crippen molar-refractivity contribution in [3.8, 4) is 0 Å². The SMILES string of the molecule is CC(=O)[O-].CCCCCCCCCC[n+]1ccc(CCCC)cc1. The van der Waals surface area contributed by atoms with Crippen LogP contribution in [0.4, 0.5) is 0 Å². The average Bonchev–Trinajstić information content (AvgIpc) is 2.56. The molecule has 0 bridgehead atoms. The molecule has 0 aliphatic rings. The van der Waals surface area contributed by atoms with Crippen LogP contribution in [-0.2, 0) is 17.8 Å². The largest absolute Gasteiger partial charge is 0.550 e. The van der Waals surface area contributed by atoms with Crippen LogP contribution in [0.15, 0.2) is 24.5 Å². The van der Waals surface area contributed by atoms with Crippen LogP contribution in [0.3, 0.4) is 0 Å². The average molecular weight is 336 g/mol. The van der Waals surface area contributed by atoms with Gasteiger partial charge in [0.15, 0.2) is 12.4 Å². The quantitative estimate of drug-likeness (QED) is 0.424. The summed E-state index contributed by atoms with van der Waals surface area (Å²) < 4.78 is 2.34. The Morgan fingerprint density at radius 3 is 1.83 bits per heavy atom. The molecular weight excluding hydrogens is 298 g/mol. The number of carboxylic acids is 1. The minimum atomic E-state index is -1.08. The third-order valence-corrected chi connectivity index (χ3v) is 4.05. The highest BCUT2D eigenvalue weighted by atomic mass is 16.4. The van der Waals surface area contributed by atoms with E-state index in [1.165, 1.54) is 82.7 Å². The summed E-state index contributed by atoms with van der Waals surface area (Å²) in [5.41, 5.74) is 1.49. The van der Waals surface area contributed by atoms with Crippen molar-refractivity contribution in [3.05, 3.63) is 30.1 Å². The lowest BCUT2D eigenvalue weighted by Crippen LogP contribution is -2.32. The molecule has 0 atom stereocenters. The first-order chi connectivity index (χ1) is 11.6. The van der Waals surface area contributed by atoms with Gasteiger partial charge in [0.1, 0.15) is 6.54 Å². The van der Waals surface area contributed by atoms with E-state index in [1.807, 2.05) is 0 Å². The molecule has 0 unspecified atom stereocenters. The summed E-state index contributed by atoms with van der Waals surface area (Å²) in [7, 11) is 0. The first-order valence-corrected chi connectivity index (χ1v) is 9.75. The maximum absolute atomic E-state index is 8.89. The summed E-state index contributed by atoms with van der Waals surface area (Å²) in [5, 5.41) is 8.89. The number of nitrogens with zero attached hydrogens (tertiary/aromatic N) is 1. The minimum absolute atomic E-state index is 0.972. The van der Waals surface area contributed by atoms with Crippen molar-refractivity contribution < 1.29 is 14.5 Å². The van der Waals surface area contributed by atoms with Crippen molar-refractivity contribution in [2.24, 2.45) is 0 Å². The number of unbranched alkanes of at least 4 members (excludes halogenated alkanes) is 8. The molecule has 0 aliphatic heterocycles. The van der Waals surface area contributed by atoms with Crippen LogP contribution in [0.5, 0.6) is 0 Å². The molecule has 0 N–H and O–H groups in total. The number of rotatable bonds is 12. The van der Waals surface area contributed by atoms with Gasteiger partial charge in [-0.1, -0.05) is 58.8 Å². The fourth-order valence-corrected chi connectivity index (χ4v) is 2.61. The van der Waals surface area contributed by atoms with E-state index in [9.17, 15) is 0 Å². The van der Waals surface area contributed by atoms with Crippen molar-refractivity contribution in [2.75, 3.05) is 0 Å². The molecule has 0 fully saturated rings. The van der Waals surface area contributed by atoms with E-state index in [-0.39, 0.29) is 0 Å². The van der Waals surface area contributed by atoms with E-state index < -0.39 is 5.97 Å². The lowest BCUT2D eigenvalue weighted by molar-refractivity contribution is -0.697. The van der Waals surface area contributed by atoms with Gasteiger partial charge >= 0.3 is 0 Å². The van der Waals surface area contributed by atoms with Gasteiger partial charge in [0.2, 0.25) is 0 Å². The van der Waals surface area contributed by atoms with Crippen LogP contribution in [0, 0.1) is 0 Å². The molecule has 0 radical (unpaired) electrons. The lowest BCUT2D eigenvalue weighted by atomic mass is 10.1. The van der Waals surface area contributed by atoms with Crippen molar-refractivity contribution in [1.82, 2.24) is 0 Å². The molecule has 1 rings (SSSR count). The number of carboxylic acid groups (broad SMARTS) is 1. The summed E-state index contributed by atoms with van der Waals surface area (Å²) in [6.45, 7) is 6.69. The number of pyridine rings is 1. The number of hydrogen-bond donors (Lipinski definition) is 0. The zero-order valence-electron chi connectivity index (χ0n) is 16.1. The number of hydrogen-bond acceptors (Lipinski definition) is 2. The van der Waals surface area contributed by atoms with Crippen LogP contribution in [0.1, 0.15) is 90.5 Å². The Hall–Kier alpha value is -1.38. The number of aliphatic carboxylic acids is 1. The molecule has 24 heavy (non-hydrogen) atoms. The van der Waals surface area contributed by atoms with Crippen LogP contribution in [0.2, 0.25) is 0 Å². The molecule has 0 aliphatic carbocycles. The van der Waals surface area contributed by atoms with Crippen molar-refractivity contribution in [2.45, 2.75) is 97.9 Å². The highest BCUT2D eigenvalue weighted by Crippen LogP contribution is 2.08. The van der Waals surface area contributed by atoms with Crippen LogP contribution < -0.4 is 9.67 Å². The minimum Gasteiger partial charge on any atom is -0.550 e. The molecule has 0 saturated heterocycles. The Morgan fingerprint density at radius 2 is 1.33 bits per heavy atom. The van der Waals surface area contributed by atoms with Gasteiger partial charge in [-0.05, 0) is 31.7 Å². The molecule has 0 spiro atoms. The predicted octanol–water partition coefficient (Wildman–Crippen LogP) is 4.21. The Bertz CT molecular complexity index is 397. The van der Waals surface area contributed by atoms with Crippen LogP contribution >= 0.6 is 0 Å². The monoisotopic (exact) mass is 335 g/mol. The van der Waals surface area contributed by atoms with E-state index in [1.54, 1.807) is 0 Å². The van der Waals surface area contributed by atoms with Crippen LogP contribution in [0.25, 0.3) is 0 Å². The van der Waals surface area contributed by atoms with Gasteiger partial charge < -0.3 is 9.90 Å². The van der Waals surface area contributed by atoms with E-state index in [0.29, 0.717) is 0 Å². The maximum atomic E-state index is 8.89. The summed E-state index contributed by atoms with van der Waals surface area (Å²) in [5.74, 6) is -1.08. The van der Waals surface area contributed by atoms with Crippen molar-refractivity contribution >= 4 is 5.97 Å². The maximum Gasteiger partial charge on any atom is 0.169 e. The molecule has 3 heteroatoms. The lowest BCUT2D eigenvalue weighted by Gasteiger charge is -2.01. The van der Waals surface area contributed by atoms with Gasteiger partial charge in [-0.2, -0.15) is 0 Å². The summed E-state index contributed by atoms with van der Waals surface area (Å²) in [6, 6.07) is 4.58. The second-order valence-corrected chi connectivity index (χ2v) is 6.51. The summed E-state index contributed by atoms with van der Waals surface area (Å²) in [6.07, 6.45) is 19.5. The molecule has 0 amide bonds. The molecule has 3 nitrogen and oxygen atoms in total. The highest BCUT2D eigenvalue weighted by molar-refractivity contribution is 5.60. The van der Waals surface area contributed by atoms with Crippen LogP contribution in [-0.4, -0.2) is 5.97 Å². The standard InChI is InChI=1S/C19H34N.C2H4O2/c1-3-5-7-8-9-10-11-12-16-20-17-14-19(15-18-20)13-6-4-2;1-2(3)4/h14-15,17-18H,3-13,16H2,1-2H3;1H3,(H,3,4)/q+1;/p-1. The topological polar surface area (TPSA) is 44.0 Å². The zero-order valence-corrected chi connectivity index (χ0v) is 16.1. The third kappa shape index (κ3) is 15.5. The Kier molecular flexibility index (Phi) is 15.5. The smallest absolute Gasteiger partial charge is 0.169 e. The van der Waals surface area contributed by atoms with Gasteiger partial charge in [0, 0.05) is 24.5 Å². The van der Waals surface area contributed by atoms with Crippen molar-refractivity contribution in [1.29, 1.82) is 0 Å². The zero-order chi connectivity index (χ0) is 18.0. The summed E-state index contributed by atoms with van der Waals surface area (Å²) in [4.78, 5) is 8.89. The van der Waals surface area contributed by atoms with Gasteiger partial charge in [-0.15, -0.1) is 0 Å². The highest BCUT2D eigenvalue weighted by Gasteiger charge is 2.01. The molecule has 138 valence electrons. The molecule has 0 aromatic carbocycles. The van der Waals surface area contributed by atoms with Gasteiger partial charge in [-0.3, -0.25) is 0 Å². The first-order valence-electron chi connectivity index (χ1n) is 9.75. The summed E-state index contributed by atoms with van der Waals surface area (Å²) >= 11 is 0. The molecule has 1 heterocycles. The molecular formula is C21H37NO2. The normalized spacial score (nSPS) is 10.1. The fourth-order valence-electron chi connectivity index (χ4n) is 2.61. The predicted molar refractivity (Wildman–Crippen MR) is 98.5 cm³/mol. The number of aromatic nitrogens is 1.